The molecule has 0 saturated carbocycles. The predicted octanol–water partition coefficient (Wildman–Crippen LogP) is 3.29. The highest BCUT2D eigenvalue weighted by molar-refractivity contribution is 9.10. The Kier molecular flexibility index (Phi) is 5.35. The van der Waals surface area contributed by atoms with Crippen molar-refractivity contribution in [3.8, 4) is 0 Å². The molecule has 0 N–H and O–H groups in total. The third kappa shape index (κ3) is 3.90. The monoisotopic (exact) mass is 445 g/mol. The summed E-state index contributed by atoms with van der Waals surface area (Å²) < 4.78 is 14.0. The summed E-state index contributed by atoms with van der Waals surface area (Å²) in [5, 5.41) is 0. The van der Waals surface area contributed by atoms with Crippen molar-refractivity contribution in [1.29, 1.82) is 0 Å². The second-order valence-electron chi connectivity index (χ2n) is 7.17. The summed E-state index contributed by atoms with van der Waals surface area (Å²) in [6, 6.07) is 14.0. The van der Waals surface area contributed by atoms with Crippen molar-refractivity contribution in [3.05, 3.63) is 58.8 Å². The lowest BCUT2D eigenvalue weighted by Crippen LogP contribution is -2.50. The standard InChI is InChI=1S/C21H21BrFN3O2/c22-16-1-5-19(6-2-16)26-14-15(13-20(26)27)21(28)25-11-9-24(10-12-25)18-7-3-17(23)4-8-18/h1-8,15H,9-14H2/t15-/m1/s1. The number of amides is 2. The SMILES string of the molecule is O=C([C@@H]1CC(=O)N(c2ccc(Br)cc2)C1)N1CCN(c2ccc(F)cc2)CC1. The van der Waals surface area contributed by atoms with Crippen LogP contribution in [0.1, 0.15) is 6.42 Å². The molecule has 2 amide bonds. The minimum absolute atomic E-state index is 0.00868. The molecule has 2 aromatic carbocycles. The third-order valence-electron chi connectivity index (χ3n) is 5.40. The molecule has 0 bridgehead atoms. The van der Waals surface area contributed by atoms with E-state index in [-0.39, 0.29) is 30.0 Å². The summed E-state index contributed by atoms with van der Waals surface area (Å²) >= 11 is 3.39. The van der Waals surface area contributed by atoms with Crippen LogP contribution >= 0.6 is 15.9 Å². The molecule has 0 aromatic heterocycles. The average Bonchev–Trinajstić information content (AvgIpc) is 3.10. The zero-order valence-electron chi connectivity index (χ0n) is 15.4. The molecule has 4 rings (SSSR count). The molecule has 2 fully saturated rings. The second kappa shape index (κ2) is 7.91. The number of piperazine rings is 1. The summed E-state index contributed by atoms with van der Waals surface area (Å²) in [6.45, 7) is 3.05. The van der Waals surface area contributed by atoms with Gasteiger partial charge in [-0.25, -0.2) is 4.39 Å². The quantitative estimate of drug-likeness (QED) is 0.727. The van der Waals surface area contributed by atoms with Crippen molar-refractivity contribution in [2.24, 2.45) is 5.92 Å². The van der Waals surface area contributed by atoms with Crippen LogP contribution < -0.4 is 9.80 Å². The van der Waals surface area contributed by atoms with E-state index in [4.69, 9.17) is 0 Å². The van der Waals surface area contributed by atoms with Crippen LogP contribution in [0.5, 0.6) is 0 Å². The lowest BCUT2D eigenvalue weighted by molar-refractivity contribution is -0.136. The predicted molar refractivity (Wildman–Crippen MR) is 110 cm³/mol. The van der Waals surface area contributed by atoms with E-state index in [9.17, 15) is 14.0 Å². The number of anilines is 2. The Morgan fingerprint density at radius 1 is 0.929 bits per heavy atom. The average molecular weight is 446 g/mol. The second-order valence-corrected chi connectivity index (χ2v) is 8.09. The maximum atomic E-state index is 13.1. The van der Waals surface area contributed by atoms with Crippen LogP contribution in [0.2, 0.25) is 0 Å². The summed E-state index contributed by atoms with van der Waals surface area (Å²) in [5.74, 6) is -0.510. The fraction of sp³-hybridized carbons (Fsp3) is 0.333. The highest BCUT2D eigenvalue weighted by Crippen LogP contribution is 2.28. The fourth-order valence-corrected chi connectivity index (χ4v) is 4.10. The minimum atomic E-state index is -0.298. The summed E-state index contributed by atoms with van der Waals surface area (Å²) in [7, 11) is 0. The molecule has 0 spiro atoms. The van der Waals surface area contributed by atoms with Crippen LogP contribution in [0.3, 0.4) is 0 Å². The minimum Gasteiger partial charge on any atom is -0.368 e. The van der Waals surface area contributed by atoms with Crippen LogP contribution in [0.4, 0.5) is 15.8 Å². The zero-order valence-corrected chi connectivity index (χ0v) is 16.9. The van der Waals surface area contributed by atoms with Gasteiger partial charge in [0.15, 0.2) is 0 Å². The number of carbonyl (C=O) groups is 2. The Balaban J connectivity index is 1.36. The van der Waals surface area contributed by atoms with Gasteiger partial charge >= 0.3 is 0 Å². The van der Waals surface area contributed by atoms with Crippen molar-refractivity contribution in [1.82, 2.24) is 4.90 Å². The van der Waals surface area contributed by atoms with Crippen LogP contribution in [0.25, 0.3) is 0 Å². The molecule has 2 aromatic rings. The molecule has 2 aliphatic heterocycles. The number of halogens is 2. The van der Waals surface area contributed by atoms with Crippen molar-refractivity contribution in [2.75, 3.05) is 42.5 Å². The largest absolute Gasteiger partial charge is 0.368 e. The number of benzene rings is 2. The number of hydrogen-bond acceptors (Lipinski definition) is 3. The molecule has 0 aliphatic carbocycles. The Hall–Kier alpha value is -2.41. The molecule has 2 saturated heterocycles. The van der Waals surface area contributed by atoms with Gasteiger partial charge in [0.05, 0.1) is 5.92 Å². The zero-order chi connectivity index (χ0) is 19.7. The van der Waals surface area contributed by atoms with Gasteiger partial charge in [0.2, 0.25) is 11.8 Å². The van der Waals surface area contributed by atoms with Gasteiger partial charge in [-0.2, -0.15) is 0 Å². The first-order chi connectivity index (χ1) is 13.5. The van der Waals surface area contributed by atoms with E-state index in [1.807, 2.05) is 29.2 Å². The van der Waals surface area contributed by atoms with Gasteiger partial charge in [0.25, 0.3) is 0 Å². The highest BCUT2D eigenvalue weighted by atomic mass is 79.9. The molecule has 5 nitrogen and oxygen atoms in total. The van der Waals surface area contributed by atoms with Crippen molar-refractivity contribution >= 4 is 39.1 Å². The van der Waals surface area contributed by atoms with Crippen LogP contribution in [0.15, 0.2) is 53.0 Å². The maximum absolute atomic E-state index is 13.1. The van der Waals surface area contributed by atoms with E-state index in [1.54, 1.807) is 17.0 Å². The summed E-state index contributed by atoms with van der Waals surface area (Å²) in [4.78, 5) is 31.1. The number of carbonyl (C=O) groups excluding carboxylic acids is 2. The number of rotatable bonds is 3. The van der Waals surface area contributed by atoms with Gasteiger partial charge in [-0.15, -0.1) is 0 Å². The highest BCUT2D eigenvalue weighted by Gasteiger charge is 2.37. The van der Waals surface area contributed by atoms with Gasteiger partial charge in [0.1, 0.15) is 5.82 Å². The van der Waals surface area contributed by atoms with Crippen LogP contribution in [0, 0.1) is 11.7 Å². The third-order valence-corrected chi connectivity index (χ3v) is 5.92. The van der Waals surface area contributed by atoms with Crippen molar-refractivity contribution < 1.29 is 14.0 Å². The Labute approximate surface area is 171 Å². The van der Waals surface area contributed by atoms with Gasteiger partial charge in [-0.1, -0.05) is 15.9 Å². The topological polar surface area (TPSA) is 43.9 Å². The smallest absolute Gasteiger partial charge is 0.228 e. The lowest BCUT2D eigenvalue weighted by atomic mass is 10.1. The molecule has 0 radical (unpaired) electrons. The Bertz CT molecular complexity index is 864. The maximum Gasteiger partial charge on any atom is 0.228 e. The Morgan fingerprint density at radius 2 is 1.54 bits per heavy atom. The lowest BCUT2D eigenvalue weighted by Gasteiger charge is -2.37. The first-order valence-corrected chi connectivity index (χ1v) is 10.2. The van der Waals surface area contributed by atoms with E-state index in [1.165, 1.54) is 12.1 Å². The normalized spacial score (nSPS) is 20.0. The first kappa shape index (κ1) is 18.9. The van der Waals surface area contributed by atoms with Crippen molar-refractivity contribution in [2.45, 2.75) is 6.42 Å². The van der Waals surface area contributed by atoms with E-state index in [2.05, 4.69) is 20.8 Å². The van der Waals surface area contributed by atoms with Gasteiger partial charge in [-0.05, 0) is 48.5 Å². The van der Waals surface area contributed by atoms with Gasteiger partial charge in [0, 0.05) is 55.0 Å². The number of nitrogens with zero attached hydrogens (tertiary/aromatic N) is 3. The fourth-order valence-electron chi connectivity index (χ4n) is 3.84. The molecule has 2 aliphatic rings. The number of hydrogen-bond donors (Lipinski definition) is 0. The van der Waals surface area contributed by atoms with E-state index < -0.39 is 0 Å². The molecule has 7 heteroatoms. The molecular weight excluding hydrogens is 425 g/mol. The van der Waals surface area contributed by atoms with E-state index in [0.717, 1.165) is 15.8 Å². The van der Waals surface area contributed by atoms with Gasteiger partial charge < -0.3 is 14.7 Å². The summed E-state index contributed by atoms with van der Waals surface area (Å²) in [6.07, 6.45) is 0.257. The molecule has 28 heavy (non-hydrogen) atoms. The molecule has 2 heterocycles. The van der Waals surface area contributed by atoms with Crippen molar-refractivity contribution in [3.63, 3.8) is 0 Å². The molecule has 1 atom stereocenters. The molecule has 146 valence electrons. The Morgan fingerprint density at radius 3 is 2.18 bits per heavy atom. The molecular formula is C21H21BrFN3O2. The van der Waals surface area contributed by atoms with Gasteiger partial charge in [-0.3, -0.25) is 9.59 Å². The first-order valence-electron chi connectivity index (χ1n) is 9.36. The van der Waals surface area contributed by atoms with E-state index in [0.29, 0.717) is 32.7 Å². The van der Waals surface area contributed by atoms with Crippen LogP contribution in [-0.2, 0) is 9.59 Å². The molecule has 0 unspecified atom stereocenters. The summed E-state index contributed by atoms with van der Waals surface area (Å²) in [5.41, 5.74) is 1.79. The van der Waals surface area contributed by atoms with Crippen LogP contribution in [-0.4, -0.2) is 49.4 Å². The van der Waals surface area contributed by atoms with E-state index >= 15 is 0 Å².